The summed E-state index contributed by atoms with van der Waals surface area (Å²) in [6.45, 7) is 2.22. The number of amides is 1. The van der Waals surface area contributed by atoms with Gasteiger partial charge in [0.05, 0.1) is 12.2 Å². The monoisotopic (exact) mass is 306 g/mol. The molecule has 110 valence electrons. The fourth-order valence-electron chi connectivity index (χ4n) is 2.59. The third-order valence-corrected chi connectivity index (χ3v) is 4.72. The molecule has 1 aliphatic rings. The number of thiazole rings is 1. The van der Waals surface area contributed by atoms with E-state index < -0.39 is 11.9 Å². The van der Waals surface area contributed by atoms with E-state index >= 15 is 0 Å². The first-order valence-corrected chi connectivity index (χ1v) is 7.47. The summed E-state index contributed by atoms with van der Waals surface area (Å²) < 4.78 is 5.00. The summed E-state index contributed by atoms with van der Waals surface area (Å²) in [4.78, 5) is 29.5. The number of carbonyl (C=O) groups excluding carboxylic acids is 1. The van der Waals surface area contributed by atoms with E-state index in [-0.39, 0.29) is 11.9 Å². The smallest absolute Gasteiger partial charge is 0.308 e. The maximum absolute atomic E-state index is 12.5. The molecule has 1 aliphatic heterocycles. The molecule has 3 heterocycles. The highest BCUT2D eigenvalue weighted by atomic mass is 32.1. The molecule has 7 heteroatoms. The van der Waals surface area contributed by atoms with Gasteiger partial charge in [0.15, 0.2) is 0 Å². The number of carboxylic acid groups (broad SMARTS) is 1. The first-order chi connectivity index (χ1) is 10.1. The van der Waals surface area contributed by atoms with Crippen LogP contribution in [0, 0.1) is 5.92 Å². The molecule has 2 aromatic heterocycles. The molecular weight excluding hydrogens is 292 g/mol. The molecular formula is C14H14N2O4S. The normalized spacial score (nSPS) is 21.7. The minimum absolute atomic E-state index is 0.211. The van der Waals surface area contributed by atoms with E-state index in [2.05, 4.69) is 4.98 Å². The lowest BCUT2D eigenvalue weighted by Gasteiger charge is -2.22. The molecule has 6 nitrogen and oxygen atoms in total. The summed E-state index contributed by atoms with van der Waals surface area (Å²) in [7, 11) is 0. The highest BCUT2D eigenvalue weighted by Crippen LogP contribution is 2.28. The summed E-state index contributed by atoms with van der Waals surface area (Å²) in [6.07, 6.45) is 3.62. The summed E-state index contributed by atoms with van der Waals surface area (Å²) in [5, 5.41) is 11.5. The van der Waals surface area contributed by atoms with Gasteiger partial charge in [-0.15, -0.1) is 11.3 Å². The number of carbonyl (C=O) groups is 2. The van der Waals surface area contributed by atoms with Crippen molar-refractivity contribution in [3.05, 3.63) is 29.7 Å². The molecule has 1 N–H and O–H groups in total. The van der Waals surface area contributed by atoms with Crippen LogP contribution in [0.5, 0.6) is 0 Å². The minimum atomic E-state index is -0.852. The van der Waals surface area contributed by atoms with Crippen LogP contribution in [-0.4, -0.2) is 39.5 Å². The second-order valence-corrected chi connectivity index (χ2v) is 5.88. The van der Waals surface area contributed by atoms with Gasteiger partial charge in [0, 0.05) is 23.5 Å². The molecule has 0 spiro atoms. The second-order valence-electron chi connectivity index (χ2n) is 5.02. The van der Waals surface area contributed by atoms with Crippen molar-refractivity contribution in [2.45, 2.75) is 19.4 Å². The fourth-order valence-corrected chi connectivity index (χ4v) is 3.37. The predicted molar refractivity (Wildman–Crippen MR) is 76.1 cm³/mol. The Balaban J connectivity index is 1.79. The van der Waals surface area contributed by atoms with Gasteiger partial charge in [0.25, 0.3) is 5.91 Å². The van der Waals surface area contributed by atoms with E-state index in [1.165, 1.54) is 11.3 Å². The Bertz CT molecular complexity index is 664. The molecule has 0 radical (unpaired) electrons. The van der Waals surface area contributed by atoms with Crippen molar-refractivity contribution in [1.82, 2.24) is 9.88 Å². The zero-order chi connectivity index (χ0) is 15.0. The third-order valence-electron chi connectivity index (χ3n) is 3.82. The molecule has 3 rings (SSSR count). The van der Waals surface area contributed by atoms with Gasteiger partial charge in [-0.05, 0) is 19.4 Å². The molecule has 1 fully saturated rings. The fraction of sp³-hybridized carbons (Fsp3) is 0.357. The van der Waals surface area contributed by atoms with Crippen LogP contribution < -0.4 is 0 Å². The van der Waals surface area contributed by atoms with Crippen LogP contribution in [0.15, 0.2) is 28.4 Å². The van der Waals surface area contributed by atoms with Crippen LogP contribution >= 0.6 is 11.3 Å². The van der Waals surface area contributed by atoms with Crippen LogP contribution in [0.3, 0.4) is 0 Å². The number of nitrogens with zero attached hydrogens (tertiary/aromatic N) is 2. The average Bonchev–Trinajstić information content (AvgIpc) is 3.18. The average molecular weight is 306 g/mol. The maximum Gasteiger partial charge on any atom is 0.308 e. The molecule has 1 saturated heterocycles. The van der Waals surface area contributed by atoms with E-state index in [0.717, 1.165) is 5.56 Å². The zero-order valence-electron chi connectivity index (χ0n) is 11.4. The quantitative estimate of drug-likeness (QED) is 0.941. The summed E-state index contributed by atoms with van der Waals surface area (Å²) >= 11 is 1.37. The summed E-state index contributed by atoms with van der Waals surface area (Å²) in [5.74, 6) is -1.56. The van der Waals surface area contributed by atoms with Crippen LogP contribution in [0.25, 0.3) is 10.6 Å². The van der Waals surface area contributed by atoms with Crippen LogP contribution in [-0.2, 0) is 4.79 Å². The number of likely N-dealkylation sites (tertiary alicyclic amines) is 1. The molecule has 2 unspecified atom stereocenters. The molecule has 21 heavy (non-hydrogen) atoms. The lowest BCUT2D eigenvalue weighted by molar-refractivity contribution is -0.142. The van der Waals surface area contributed by atoms with Crippen LogP contribution in [0.2, 0.25) is 0 Å². The van der Waals surface area contributed by atoms with Crippen LogP contribution in [0.4, 0.5) is 0 Å². The van der Waals surface area contributed by atoms with Gasteiger partial charge < -0.3 is 14.4 Å². The predicted octanol–water partition coefficient (Wildman–Crippen LogP) is 2.34. The zero-order valence-corrected chi connectivity index (χ0v) is 12.2. The van der Waals surface area contributed by atoms with Crippen molar-refractivity contribution in [1.29, 1.82) is 0 Å². The Kier molecular flexibility index (Phi) is 3.50. The van der Waals surface area contributed by atoms with Crippen molar-refractivity contribution in [2.24, 2.45) is 5.92 Å². The Morgan fingerprint density at radius 1 is 1.52 bits per heavy atom. The van der Waals surface area contributed by atoms with E-state index in [9.17, 15) is 9.59 Å². The largest absolute Gasteiger partial charge is 0.481 e. The SMILES string of the molecule is CC1C(C(=O)O)CCN1C(=O)c1csc(-c2ccoc2)n1. The van der Waals surface area contributed by atoms with Gasteiger partial charge in [-0.25, -0.2) is 4.98 Å². The highest BCUT2D eigenvalue weighted by molar-refractivity contribution is 7.13. The van der Waals surface area contributed by atoms with E-state index in [1.807, 2.05) is 0 Å². The lowest BCUT2D eigenvalue weighted by atomic mass is 10.0. The Hall–Kier alpha value is -2.15. The van der Waals surface area contributed by atoms with Crippen molar-refractivity contribution >= 4 is 23.2 Å². The number of aliphatic carboxylic acids is 1. The number of carboxylic acids is 1. The Labute approximate surface area is 125 Å². The minimum Gasteiger partial charge on any atom is -0.481 e. The topological polar surface area (TPSA) is 83.6 Å². The summed E-state index contributed by atoms with van der Waals surface area (Å²) in [5.41, 5.74) is 1.19. The lowest BCUT2D eigenvalue weighted by Crippen LogP contribution is -2.37. The Morgan fingerprint density at radius 2 is 2.33 bits per heavy atom. The highest BCUT2D eigenvalue weighted by Gasteiger charge is 2.38. The molecule has 0 aromatic carbocycles. The van der Waals surface area contributed by atoms with Gasteiger partial charge in [-0.3, -0.25) is 9.59 Å². The molecule has 0 bridgehead atoms. The van der Waals surface area contributed by atoms with Gasteiger partial charge in [-0.2, -0.15) is 0 Å². The maximum atomic E-state index is 12.5. The van der Waals surface area contributed by atoms with Crippen molar-refractivity contribution in [3.63, 3.8) is 0 Å². The third kappa shape index (κ3) is 2.44. The number of furan rings is 1. The molecule has 0 saturated carbocycles. The van der Waals surface area contributed by atoms with Crippen molar-refractivity contribution in [2.75, 3.05) is 6.54 Å². The number of hydrogen-bond donors (Lipinski definition) is 1. The number of aromatic nitrogens is 1. The van der Waals surface area contributed by atoms with E-state index in [1.54, 1.807) is 35.8 Å². The van der Waals surface area contributed by atoms with E-state index in [0.29, 0.717) is 23.7 Å². The molecule has 1 amide bonds. The van der Waals surface area contributed by atoms with Gasteiger partial charge in [-0.1, -0.05) is 0 Å². The second kappa shape index (κ2) is 5.33. The Morgan fingerprint density at radius 3 is 2.95 bits per heavy atom. The summed E-state index contributed by atoms with van der Waals surface area (Å²) in [6, 6.07) is 1.47. The molecule has 2 atom stereocenters. The standard InChI is InChI=1S/C14H14N2O4S/c1-8-10(14(18)19)2-4-16(8)13(17)11-7-21-12(15-11)9-3-5-20-6-9/h3,5-8,10H,2,4H2,1H3,(H,18,19). The number of hydrogen-bond acceptors (Lipinski definition) is 5. The van der Waals surface area contributed by atoms with E-state index in [4.69, 9.17) is 9.52 Å². The van der Waals surface area contributed by atoms with Crippen molar-refractivity contribution < 1.29 is 19.1 Å². The van der Waals surface area contributed by atoms with Crippen molar-refractivity contribution in [3.8, 4) is 10.6 Å². The molecule has 2 aromatic rings. The van der Waals surface area contributed by atoms with Gasteiger partial charge in [0.1, 0.15) is 17.0 Å². The molecule has 0 aliphatic carbocycles. The van der Waals surface area contributed by atoms with Gasteiger partial charge >= 0.3 is 5.97 Å². The number of rotatable bonds is 3. The first-order valence-electron chi connectivity index (χ1n) is 6.60. The first kappa shape index (κ1) is 13.8. The van der Waals surface area contributed by atoms with Crippen LogP contribution in [0.1, 0.15) is 23.8 Å². The van der Waals surface area contributed by atoms with Gasteiger partial charge in [0.2, 0.25) is 0 Å².